The molecule has 2 rings (SSSR count). The van der Waals surface area contributed by atoms with Gasteiger partial charge in [0, 0.05) is 25.3 Å². The quantitative estimate of drug-likeness (QED) is 0.836. The van der Waals surface area contributed by atoms with Gasteiger partial charge < -0.3 is 10.1 Å². The zero-order chi connectivity index (χ0) is 11.2. The fourth-order valence-electron chi connectivity index (χ4n) is 1.91. The number of aromatic nitrogens is 2. The van der Waals surface area contributed by atoms with Gasteiger partial charge in [0.25, 0.3) is 0 Å². The van der Waals surface area contributed by atoms with E-state index in [-0.39, 0.29) is 0 Å². The molecule has 1 aromatic rings. The number of rotatable bonds is 4. The van der Waals surface area contributed by atoms with Gasteiger partial charge in [0.1, 0.15) is 5.82 Å². The average Bonchev–Trinajstić information content (AvgIpc) is 2.38. The summed E-state index contributed by atoms with van der Waals surface area (Å²) in [6.07, 6.45) is 4.11. The molecule has 0 bridgehead atoms. The number of ether oxygens (including phenoxy) is 1. The summed E-state index contributed by atoms with van der Waals surface area (Å²) in [5, 5.41) is 3.27. The minimum Gasteiger partial charge on any atom is -0.381 e. The van der Waals surface area contributed by atoms with Crippen molar-refractivity contribution in [1.29, 1.82) is 0 Å². The van der Waals surface area contributed by atoms with E-state index in [9.17, 15) is 0 Å². The summed E-state index contributed by atoms with van der Waals surface area (Å²) in [7, 11) is 0. The normalized spacial score (nSPS) is 20.9. The van der Waals surface area contributed by atoms with Gasteiger partial charge in [0.05, 0.1) is 12.3 Å². The molecule has 1 saturated heterocycles. The first-order valence-electron chi connectivity index (χ1n) is 6.00. The third kappa shape index (κ3) is 3.00. The number of hydrogen-bond acceptors (Lipinski definition) is 4. The van der Waals surface area contributed by atoms with E-state index in [4.69, 9.17) is 4.74 Å². The molecule has 0 saturated carbocycles. The molecule has 16 heavy (non-hydrogen) atoms. The van der Waals surface area contributed by atoms with E-state index >= 15 is 0 Å². The Labute approximate surface area is 96.4 Å². The molecule has 1 aromatic heterocycles. The van der Waals surface area contributed by atoms with Crippen molar-refractivity contribution >= 4 is 0 Å². The molecule has 1 fully saturated rings. The molecule has 0 radical (unpaired) electrons. The molecule has 4 heteroatoms. The summed E-state index contributed by atoms with van der Waals surface area (Å²) in [5.74, 6) is 1.32. The highest BCUT2D eigenvalue weighted by Crippen LogP contribution is 2.22. The van der Waals surface area contributed by atoms with E-state index in [1.165, 1.54) is 0 Å². The Morgan fingerprint density at radius 1 is 1.56 bits per heavy atom. The highest BCUT2D eigenvalue weighted by Gasteiger charge is 2.18. The molecule has 1 atom stereocenters. The molecular weight excluding hydrogens is 202 g/mol. The van der Waals surface area contributed by atoms with Gasteiger partial charge in [-0.05, 0) is 25.5 Å². The second-order valence-electron chi connectivity index (χ2n) is 4.10. The zero-order valence-electron chi connectivity index (χ0n) is 9.78. The first kappa shape index (κ1) is 11.5. The van der Waals surface area contributed by atoms with E-state index in [2.05, 4.69) is 22.2 Å². The zero-order valence-corrected chi connectivity index (χ0v) is 9.78. The van der Waals surface area contributed by atoms with Crippen LogP contribution in [0.2, 0.25) is 0 Å². The van der Waals surface area contributed by atoms with Gasteiger partial charge in [-0.3, -0.25) is 0 Å². The molecule has 0 aromatic carbocycles. The maximum absolute atomic E-state index is 5.46. The second kappa shape index (κ2) is 5.92. The van der Waals surface area contributed by atoms with Crippen molar-refractivity contribution in [2.75, 3.05) is 19.8 Å². The monoisotopic (exact) mass is 221 g/mol. The fourth-order valence-corrected chi connectivity index (χ4v) is 1.91. The molecule has 1 unspecified atom stereocenters. The van der Waals surface area contributed by atoms with Crippen molar-refractivity contribution < 1.29 is 4.74 Å². The predicted molar refractivity (Wildman–Crippen MR) is 62.2 cm³/mol. The molecule has 0 amide bonds. The van der Waals surface area contributed by atoms with Crippen LogP contribution in [0.3, 0.4) is 0 Å². The van der Waals surface area contributed by atoms with Gasteiger partial charge in [-0.25, -0.2) is 9.97 Å². The number of nitrogens with zero attached hydrogens (tertiary/aromatic N) is 2. The van der Waals surface area contributed by atoms with Crippen LogP contribution in [0.25, 0.3) is 0 Å². The van der Waals surface area contributed by atoms with Crippen LogP contribution >= 0.6 is 0 Å². The summed E-state index contributed by atoms with van der Waals surface area (Å²) in [5.41, 5.74) is 1.07. The van der Waals surface area contributed by atoms with Crippen molar-refractivity contribution in [1.82, 2.24) is 15.3 Å². The van der Waals surface area contributed by atoms with Gasteiger partial charge in [-0.15, -0.1) is 0 Å². The maximum Gasteiger partial charge on any atom is 0.133 e. The lowest BCUT2D eigenvalue weighted by Gasteiger charge is -2.20. The SMILES string of the molecule is CCNCc1ccnc(C2CCCOC2)n1. The lowest BCUT2D eigenvalue weighted by atomic mass is 10.0. The van der Waals surface area contributed by atoms with Crippen LogP contribution in [0.4, 0.5) is 0 Å². The van der Waals surface area contributed by atoms with E-state index in [1.54, 1.807) is 0 Å². The molecule has 1 aliphatic rings. The van der Waals surface area contributed by atoms with Crippen molar-refractivity contribution in [2.45, 2.75) is 32.2 Å². The Kier molecular flexibility index (Phi) is 4.25. The molecule has 0 aliphatic carbocycles. The largest absolute Gasteiger partial charge is 0.381 e. The van der Waals surface area contributed by atoms with Crippen LogP contribution < -0.4 is 5.32 Å². The van der Waals surface area contributed by atoms with Gasteiger partial charge in [0.15, 0.2) is 0 Å². The third-order valence-corrected chi connectivity index (χ3v) is 2.81. The predicted octanol–water partition coefficient (Wildman–Crippen LogP) is 1.48. The number of hydrogen-bond donors (Lipinski definition) is 1. The van der Waals surface area contributed by atoms with Crippen LogP contribution in [0.5, 0.6) is 0 Å². The van der Waals surface area contributed by atoms with Gasteiger partial charge in [-0.1, -0.05) is 6.92 Å². The summed E-state index contributed by atoms with van der Waals surface area (Å²) in [4.78, 5) is 8.93. The highest BCUT2D eigenvalue weighted by molar-refractivity contribution is 5.06. The molecule has 88 valence electrons. The summed E-state index contributed by atoms with van der Waals surface area (Å²) in [6.45, 7) is 5.53. The molecule has 2 heterocycles. The average molecular weight is 221 g/mol. The van der Waals surface area contributed by atoms with Crippen molar-refractivity contribution in [3.63, 3.8) is 0 Å². The lowest BCUT2D eigenvalue weighted by molar-refractivity contribution is 0.0780. The smallest absolute Gasteiger partial charge is 0.133 e. The minimum absolute atomic E-state index is 0.385. The highest BCUT2D eigenvalue weighted by atomic mass is 16.5. The van der Waals surface area contributed by atoms with Crippen LogP contribution in [0, 0.1) is 0 Å². The minimum atomic E-state index is 0.385. The van der Waals surface area contributed by atoms with E-state index in [0.29, 0.717) is 5.92 Å². The van der Waals surface area contributed by atoms with Crippen molar-refractivity contribution in [2.24, 2.45) is 0 Å². The van der Waals surface area contributed by atoms with E-state index < -0.39 is 0 Å². The Hall–Kier alpha value is -1.00. The summed E-state index contributed by atoms with van der Waals surface area (Å²) < 4.78 is 5.46. The second-order valence-corrected chi connectivity index (χ2v) is 4.10. The van der Waals surface area contributed by atoms with Gasteiger partial charge in [0.2, 0.25) is 0 Å². The number of nitrogens with one attached hydrogen (secondary N) is 1. The summed E-state index contributed by atoms with van der Waals surface area (Å²) in [6, 6.07) is 1.97. The van der Waals surface area contributed by atoms with Gasteiger partial charge in [-0.2, -0.15) is 0 Å². The first-order valence-corrected chi connectivity index (χ1v) is 6.00. The fraction of sp³-hybridized carbons (Fsp3) is 0.667. The molecule has 0 spiro atoms. The van der Waals surface area contributed by atoms with Gasteiger partial charge >= 0.3 is 0 Å². The van der Waals surface area contributed by atoms with Crippen molar-refractivity contribution in [3.8, 4) is 0 Å². The van der Waals surface area contributed by atoms with Crippen LogP contribution in [-0.2, 0) is 11.3 Å². The lowest BCUT2D eigenvalue weighted by Crippen LogP contribution is -2.19. The Morgan fingerprint density at radius 3 is 3.25 bits per heavy atom. The maximum atomic E-state index is 5.46. The van der Waals surface area contributed by atoms with E-state index in [1.807, 2.05) is 12.3 Å². The van der Waals surface area contributed by atoms with E-state index in [0.717, 1.165) is 50.7 Å². The Balaban J connectivity index is 2.02. The first-order chi connectivity index (χ1) is 7.90. The third-order valence-electron chi connectivity index (χ3n) is 2.81. The molecule has 1 N–H and O–H groups in total. The molecule has 4 nitrogen and oxygen atoms in total. The Morgan fingerprint density at radius 2 is 2.50 bits per heavy atom. The Bertz CT molecular complexity index is 324. The standard InChI is InChI=1S/C12H19N3O/c1-2-13-8-11-5-6-14-12(15-11)10-4-3-7-16-9-10/h5-6,10,13H,2-4,7-9H2,1H3. The van der Waals surface area contributed by atoms with Crippen LogP contribution in [-0.4, -0.2) is 29.7 Å². The topological polar surface area (TPSA) is 47.0 Å². The molecular formula is C12H19N3O. The van der Waals surface area contributed by atoms with Crippen LogP contribution in [0.1, 0.15) is 37.2 Å². The van der Waals surface area contributed by atoms with Crippen LogP contribution in [0.15, 0.2) is 12.3 Å². The summed E-state index contributed by atoms with van der Waals surface area (Å²) >= 11 is 0. The van der Waals surface area contributed by atoms with Crippen molar-refractivity contribution in [3.05, 3.63) is 23.8 Å². The molecule has 1 aliphatic heterocycles.